The van der Waals surface area contributed by atoms with E-state index in [0.717, 1.165) is 25.1 Å². The predicted octanol–water partition coefficient (Wildman–Crippen LogP) is 2.02. The molecule has 130 valence electrons. The second-order valence-corrected chi connectivity index (χ2v) is 7.48. The zero-order chi connectivity index (χ0) is 17.1. The van der Waals surface area contributed by atoms with E-state index in [9.17, 15) is 9.59 Å². The zero-order valence-electron chi connectivity index (χ0n) is 14.2. The fourth-order valence-electron chi connectivity index (χ4n) is 3.44. The second kappa shape index (κ2) is 7.57. The van der Waals surface area contributed by atoms with Crippen LogP contribution >= 0.6 is 11.8 Å². The topological polar surface area (TPSA) is 61.4 Å². The first-order valence-corrected chi connectivity index (χ1v) is 9.79. The minimum Gasteiger partial charge on any atom is -0.352 e. The highest BCUT2D eigenvalue weighted by Gasteiger charge is 2.36. The van der Waals surface area contributed by atoms with E-state index in [0.29, 0.717) is 13.0 Å². The molecule has 1 aromatic rings. The summed E-state index contributed by atoms with van der Waals surface area (Å²) < 4.78 is 0. The number of nitrogens with zero attached hydrogens (tertiary/aromatic N) is 1. The monoisotopic (exact) mass is 347 g/mol. The summed E-state index contributed by atoms with van der Waals surface area (Å²) in [6.07, 6.45) is 4.40. The Balaban J connectivity index is 1.62. The first-order valence-electron chi connectivity index (χ1n) is 8.56. The fourth-order valence-corrected chi connectivity index (χ4v) is 3.84. The number of carbonyl (C=O) groups excluding carboxylic acids is 2. The van der Waals surface area contributed by atoms with Crippen molar-refractivity contribution < 1.29 is 9.59 Å². The van der Waals surface area contributed by atoms with Gasteiger partial charge < -0.3 is 15.5 Å². The summed E-state index contributed by atoms with van der Waals surface area (Å²) in [6.45, 7) is 3.58. The number of anilines is 1. The molecule has 6 heteroatoms. The minimum atomic E-state index is -0.258. The van der Waals surface area contributed by atoms with E-state index in [2.05, 4.69) is 17.6 Å². The van der Waals surface area contributed by atoms with Gasteiger partial charge in [-0.05, 0) is 56.8 Å². The molecular weight excluding hydrogens is 322 g/mol. The average molecular weight is 347 g/mol. The van der Waals surface area contributed by atoms with E-state index >= 15 is 0 Å². The summed E-state index contributed by atoms with van der Waals surface area (Å²) in [6, 6.07) is 8.38. The van der Waals surface area contributed by atoms with Crippen molar-refractivity contribution in [3.05, 3.63) is 24.3 Å². The Kier molecular flexibility index (Phi) is 5.46. The molecular formula is C18H25N3O2S. The van der Waals surface area contributed by atoms with Crippen LogP contribution in [0.1, 0.15) is 26.2 Å². The molecule has 2 saturated heterocycles. The lowest BCUT2D eigenvalue weighted by molar-refractivity contribution is -0.127. The smallest absolute Gasteiger partial charge is 0.227 e. The molecule has 5 nitrogen and oxygen atoms in total. The summed E-state index contributed by atoms with van der Waals surface area (Å²) in [4.78, 5) is 27.8. The van der Waals surface area contributed by atoms with Crippen molar-refractivity contribution in [2.24, 2.45) is 5.92 Å². The summed E-state index contributed by atoms with van der Waals surface area (Å²) in [5.74, 6) is -0.221. The predicted molar refractivity (Wildman–Crippen MR) is 97.3 cm³/mol. The van der Waals surface area contributed by atoms with Crippen LogP contribution in [0.3, 0.4) is 0 Å². The van der Waals surface area contributed by atoms with Crippen LogP contribution < -0.4 is 15.5 Å². The van der Waals surface area contributed by atoms with Crippen LogP contribution in [0.25, 0.3) is 0 Å². The molecule has 3 unspecified atom stereocenters. The molecule has 0 aromatic heterocycles. The highest BCUT2D eigenvalue weighted by atomic mass is 32.2. The number of rotatable bonds is 4. The average Bonchev–Trinajstić information content (AvgIpc) is 2.99. The van der Waals surface area contributed by atoms with E-state index in [4.69, 9.17) is 0 Å². The van der Waals surface area contributed by atoms with Gasteiger partial charge in [-0.15, -0.1) is 11.8 Å². The Labute approximate surface area is 147 Å². The van der Waals surface area contributed by atoms with Gasteiger partial charge in [0.2, 0.25) is 11.8 Å². The molecule has 2 heterocycles. The van der Waals surface area contributed by atoms with Crippen LogP contribution in [-0.4, -0.2) is 43.2 Å². The van der Waals surface area contributed by atoms with Gasteiger partial charge in [-0.3, -0.25) is 9.59 Å². The Morgan fingerprint density at radius 2 is 2.08 bits per heavy atom. The first kappa shape index (κ1) is 17.3. The van der Waals surface area contributed by atoms with E-state index in [1.54, 1.807) is 16.7 Å². The van der Waals surface area contributed by atoms with Crippen molar-refractivity contribution in [3.63, 3.8) is 0 Å². The lowest BCUT2D eigenvalue weighted by Gasteiger charge is -2.31. The maximum atomic E-state index is 12.6. The number of hydrogen-bond donors (Lipinski definition) is 2. The first-order chi connectivity index (χ1) is 11.6. The Bertz CT molecular complexity index is 605. The largest absolute Gasteiger partial charge is 0.352 e. The maximum Gasteiger partial charge on any atom is 0.227 e. The van der Waals surface area contributed by atoms with Gasteiger partial charge in [0.15, 0.2) is 0 Å². The molecule has 3 rings (SSSR count). The van der Waals surface area contributed by atoms with Crippen LogP contribution in [-0.2, 0) is 9.59 Å². The summed E-state index contributed by atoms with van der Waals surface area (Å²) in [7, 11) is 0. The lowest BCUT2D eigenvalue weighted by Crippen LogP contribution is -2.53. The van der Waals surface area contributed by atoms with E-state index in [1.165, 1.54) is 4.90 Å². The molecule has 0 radical (unpaired) electrons. The molecule has 3 atom stereocenters. The molecule has 24 heavy (non-hydrogen) atoms. The Morgan fingerprint density at radius 1 is 1.33 bits per heavy atom. The summed E-state index contributed by atoms with van der Waals surface area (Å²) >= 11 is 1.67. The molecule has 0 bridgehead atoms. The molecule has 0 aliphatic carbocycles. The molecule has 2 aliphatic heterocycles. The third-order valence-corrected chi connectivity index (χ3v) is 5.71. The van der Waals surface area contributed by atoms with Crippen LogP contribution in [0.2, 0.25) is 0 Å². The molecule has 2 amide bonds. The number of piperidine rings is 1. The molecule has 2 aliphatic rings. The van der Waals surface area contributed by atoms with Crippen molar-refractivity contribution in [2.45, 2.75) is 43.2 Å². The standard InChI is InChI=1S/C18H25N3O2S/c1-12-16(4-3-9-19-12)20-18(23)13-10-17(22)21(11-13)14-5-7-15(24-2)8-6-14/h5-8,12-13,16,19H,3-4,9-11H2,1-2H3,(H,20,23). The zero-order valence-corrected chi connectivity index (χ0v) is 15.1. The highest BCUT2D eigenvalue weighted by Crippen LogP contribution is 2.27. The van der Waals surface area contributed by atoms with Gasteiger partial charge in [-0.1, -0.05) is 0 Å². The molecule has 2 fully saturated rings. The minimum absolute atomic E-state index is 0.00661. The molecule has 1 aromatic carbocycles. The lowest BCUT2D eigenvalue weighted by atomic mass is 9.98. The van der Waals surface area contributed by atoms with Gasteiger partial charge in [-0.2, -0.15) is 0 Å². The maximum absolute atomic E-state index is 12.6. The highest BCUT2D eigenvalue weighted by molar-refractivity contribution is 7.98. The van der Waals surface area contributed by atoms with Crippen molar-refractivity contribution in [1.29, 1.82) is 0 Å². The van der Waals surface area contributed by atoms with Crippen LogP contribution in [0, 0.1) is 5.92 Å². The summed E-state index contributed by atoms with van der Waals surface area (Å²) in [5, 5.41) is 6.53. The van der Waals surface area contributed by atoms with Crippen molar-refractivity contribution in [1.82, 2.24) is 10.6 Å². The van der Waals surface area contributed by atoms with Crippen molar-refractivity contribution in [3.8, 4) is 0 Å². The Hall–Kier alpha value is -1.53. The van der Waals surface area contributed by atoms with Gasteiger partial charge in [0, 0.05) is 35.6 Å². The number of carbonyl (C=O) groups is 2. The number of benzene rings is 1. The third kappa shape index (κ3) is 3.75. The number of amides is 2. The van der Waals surface area contributed by atoms with Crippen molar-refractivity contribution in [2.75, 3.05) is 24.2 Å². The van der Waals surface area contributed by atoms with E-state index in [-0.39, 0.29) is 29.8 Å². The van der Waals surface area contributed by atoms with E-state index in [1.807, 2.05) is 30.5 Å². The van der Waals surface area contributed by atoms with Gasteiger partial charge in [0.1, 0.15) is 0 Å². The van der Waals surface area contributed by atoms with Gasteiger partial charge in [0.25, 0.3) is 0 Å². The SMILES string of the molecule is CSc1ccc(N2CC(C(=O)NC3CCCNC3C)CC2=O)cc1. The number of nitrogens with one attached hydrogen (secondary N) is 2. The van der Waals surface area contributed by atoms with Crippen LogP contribution in [0.15, 0.2) is 29.2 Å². The Morgan fingerprint density at radius 3 is 2.75 bits per heavy atom. The van der Waals surface area contributed by atoms with Crippen LogP contribution in [0.4, 0.5) is 5.69 Å². The molecule has 0 spiro atoms. The van der Waals surface area contributed by atoms with Gasteiger partial charge >= 0.3 is 0 Å². The van der Waals surface area contributed by atoms with Crippen molar-refractivity contribution >= 4 is 29.3 Å². The number of thioether (sulfide) groups is 1. The van der Waals surface area contributed by atoms with Gasteiger partial charge in [-0.25, -0.2) is 0 Å². The van der Waals surface area contributed by atoms with Gasteiger partial charge in [0.05, 0.1) is 5.92 Å². The number of hydrogen-bond acceptors (Lipinski definition) is 4. The second-order valence-electron chi connectivity index (χ2n) is 6.60. The fraction of sp³-hybridized carbons (Fsp3) is 0.556. The normalized spacial score (nSPS) is 27.3. The third-order valence-electron chi connectivity index (χ3n) is 4.97. The van der Waals surface area contributed by atoms with E-state index < -0.39 is 0 Å². The molecule has 0 saturated carbocycles. The quantitative estimate of drug-likeness (QED) is 0.818. The summed E-state index contributed by atoms with van der Waals surface area (Å²) in [5.41, 5.74) is 0.876. The molecule has 2 N–H and O–H groups in total. The van der Waals surface area contributed by atoms with Crippen LogP contribution in [0.5, 0.6) is 0 Å².